The average molecular weight is 274 g/mol. The number of rotatable bonds is 6. The van der Waals surface area contributed by atoms with Crippen molar-refractivity contribution in [3.8, 4) is 0 Å². The maximum Gasteiger partial charge on any atom is 0.186 e. The van der Waals surface area contributed by atoms with Gasteiger partial charge in [0.2, 0.25) is 0 Å². The molecule has 0 fully saturated rings. The van der Waals surface area contributed by atoms with Crippen LogP contribution in [0.4, 0.5) is 5.69 Å². The molecule has 2 heterocycles. The van der Waals surface area contributed by atoms with Gasteiger partial charge in [0.15, 0.2) is 6.29 Å². The van der Waals surface area contributed by atoms with Crippen LogP contribution in [0.5, 0.6) is 0 Å². The van der Waals surface area contributed by atoms with Crippen LogP contribution in [0.2, 0.25) is 0 Å². The third kappa shape index (κ3) is 3.18. The van der Waals surface area contributed by atoms with Gasteiger partial charge < -0.3 is 9.47 Å². The van der Waals surface area contributed by atoms with Crippen molar-refractivity contribution in [2.75, 3.05) is 6.61 Å². The molecule has 0 bridgehead atoms. The lowest BCUT2D eigenvalue weighted by molar-refractivity contribution is -0.136. The number of hydrogen-bond acceptors (Lipinski definition) is 5. The molecule has 2 rings (SSSR count). The molecule has 5 heteroatoms. The summed E-state index contributed by atoms with van der Waals surface area (Å²) in [6.45, 7) is 4.66. The lowest BCUT2D eigenvalue weighted by atomic mass is 10.1. The zero-order valence-corrected chi connectivity index (χ0v) is 11.7. The summed E-state index contributed by atoms with van der Waals surface area (Å²) in [5, 5.41) is 3.07. The van der Waals surface area contributed by atoms with Gasteiger partial charge in [0.25, 0.3) is 0 Å². The molecule has 1 aromatic rings. The van der Waals surface area contributed by atoms with Gasteiger partial charge in [0.05, 0.1) is 18.9 Å². The van der Waals surface area contributed by atoms with Crippen LogP contribution in [-0.4, -0.2) is 11.6 Å². The van der Waals surface area contributed by atoms with E-state index in [-0.39, 0.29) is 0 Å². The number of ether oxygens (including phenoxy) is 2. The molecule has 0 saturated carbocycles. The van der Waals surface area contributed by atoms with Crippen LogP contribution in [-0.2, 0) is 16.1 Å². The van der Waals surface area contributed by atoms with E-state index < -0.39 is 6.29 Å². The number of hydrogen-bond donors (Lipinski definition) is 0. The van der Waals surface area contributed by atoms with Crippen LogP contribution < -0.4 is 0 Å². The molecule has 0 radical (unpaired) electrons. The van der Waals surface area contributed by atoms with Crippen molar-refractivity contribution in [2.45, 2.75) is 33.2 Å². The van der Waals surface area contributed by atoms with E-state index in [1.807, 2.05) is 31.2 Å². The van der Waals surface area contributed by atoms with Gasteiger partial charge in [-0.1, -0.05) is 24.3 Å². The van der Waals surface area contributed by atoms with Crippen molar-refractivity contribution in [3.05, 3.63) is 52.2 Å². The summed E-state index contributed by atoms with van der Waals surface area (Å²) in [5.74, 6) is 0. The van der Waals surface area contributed by atoms with E-state index in [0.717, 1.165) is 17.5 Å². The van der Waals surface area contributed by atoms with Crippen molar-refractivity contribution in [3.63, 3.8) is 0 Å². The van der Waals surface area contributed by atoms with Crippen LogP contribution >= 0.6 is 0 Å². The molecule has 5 nitrogen and oxygen atoms in total. The van der Waals surface area contributed by atoms with Crippen molar-refractivity contribution >= 4 is 5.69 Å². The summed E-state index contributed by atoms with van der Waals surface area (Å²) in [6.07, 6.45) is 9.90. The Kier molecular flexibility index (Phi) is 5.15. The highest BCUT2D eigenvalue weighted by molar-refractivity contribution is 5.54. The molecule has 20 heavy (non-hydrogen) atoms. The van der Waals surface area contributed by atoms with Gasteiger partial charge in [0.1, 0.15) is 5.69 Å². The molecule has 0 amide bonds. The van der Waals surface area contributed by atoms with E-state index in [1.54, 1.807) is 13.1 Å². The van der Waals surface area contributed by atoms with Crippen molar-refractivity contribution in [1.82, 2.24) is 4.98 Å². The maximum atomic E-state index is 11.0. The average Bonchev–Trinajstić information content (AvgIpc) is 2.86. The molecule has 1 atom stereocenters. The van der Waals surface area contributed by atoms with Gasteiger partial charge in [-0.05, 0) is 25.4 Å². The normalized spacial score (nSPS) is 18.0. The summed E-state index contributed by atoms with van der Waals surface area (Å²) in [4.78, 5) is 15.1. The fourth-order valence-electron chi connectivity index (χ4n) is 2.05. The largest absolute Gasteiger partial charge is 0.348 e. The standard InChI is InChI=1S/C15H18N2O3/c1-3-4-5-6-7-8-19-15-13-12(10-20-15)9-16-11(2)14(13)17-18/h3-6,9,15H,7-8,10H2,1-2H3/b4-3+,6-5+. The minimum atomic E-state index is -0.519. The van der Waals surface area contributed by atoms with Gasteiger partial charge in [-0.25, -0.2) is 0 Å². The monoisotopic (exact) mass is 274 g/mol. The Morgan fingerprint density at radius 3 is 3.15 bits per heavy atom. The first kappa shape index (κ1) is 14.6. The summed E-state index contributed by atoms with van der Waals surface area (Å²) in [5.41, 5.74) is 2.55. The molecular formula is C15H18N2O3. The second kappa shape index (κ2) is 7.07. The van der Waals surface area contributed by atoms with E-state index in [4.69, 9.17) is 9.47 Å². The summed E-state index contributed by atoms with van der Waals surface area (Å²) >= 11 is 0. The van der Waals surface area contributed by atoms with Crippen LogP contribution in [0.3, 0.4) is 0 Å². The van der Waals surface area contributed by atoms with Crippen LogP contribution in [0.15, 0.2) is 35.7 Å². The molecule has 1 aliphatic rings. The van der Waals surface area contributed by atoms with Gasteiger partial charge >= 0.3 is 0 Å². The summed E-state index contributed by atoms with van der Waals surface area (Å²) in [7, 11) is 0. The Hall–Kier alpha value is -1.85. The van der Waals surface area contributed by atoms with Gasteiger partial charge in [0, 0.05) is 17.3 Å². The van der Waals surface area contributed by atoms with Crippen LogP contribution in [0, 0.1) is 11.8 Å². The molecule has 106 valence electrons. The number of allylic oxidation sites excluding steroid dienone is 3. The third-order valence-electron chi connectivity index (χ3n) is 3.07. The van der Waals surface area contributed by atoms with E-state index in [1.165, 1.54) is 0 Å². The fraction of sp³-hybridized carbons (Fsp3) is 0.400. The van der Waals surface area contributed by atoms with Crippen molar-refractivity contribution in [1.29, 1.82) is 0 Å². The zero-order valence-electron chi connectivity index (χ0n) is 11.7. The lowest BCUT2D eigenvalue weighted by Crippen LogP contribution is -2.04. The highest BCUT2D eigenvalue weighted by atomic mass is 16.7. The van der Waals surface area contributed by atoms with Gasteiger partial charge in [-0.3, -0.25) is 4.98 Å². The molecule has 1 aliphatic heterocycles. The van der Waals surface area contributed by atoms with E-state index >= 15 is 0 Å². The Morgan fingerprint density at radius 2 is 2.40 bits per heavy atom. The number of pyridine rings is 1. The number of nitroso groups, excluding NO2 is 1. The quantitative estimate of drug-likeness (QED) is 0.449. The minimum Gasteiger partial charge on any atom is -0.348 e. The Labute approximate surface area is 118 Å². The fourth-order valence-corrected chi connectivity index (χ4v) is 2.05. The second-order valence-corrected chi connectivity index (χ2v) is 4.48. The topological polar surface area (TPSA) is 60.8 Å². The van der Waals surface area contributed by atoms with Gasteiger partial charge in [-0.2, -0.15) is 0 Å². The Morgan fingerprint density at radius 1 is 1.55 bits per heavy atom. The van der Waals surface area contributed by atoms with Crippen LogP contribution in [0.25, 0.3) is 0 Å². The second-order valence-electron chi connectivity index (χ2n) is 4.48. The van der Waals surface area contributed by atoms with Crippen molar-refractivity contribution in [2.24, 2.45) is 5.18 Å². The predicted octanol–water partition coefficient (Wildman–Crippen LogP) is 3.86. The summed E-state index contributed by atoms with van der Waals surface area (Å²) in [6, 6.07) is 0. The van der Waals surface area contributed by atoms with E-state index in [2.05, 4.69) is 10.2 Å². The molecule has 1 unspecified atom stereocenters. The molecular weight excluding hydrogens is 256 g/mol. The molecule has 0 aromatic carbocycles. The maximum absolute atomic E-state index is 11.0. The number of nitrogens with zero attached hydrogens (tertiary/aromatic N) is 2. The first-order valence-electron chi connectivity index (χ1n) is 6.60. The van der Waals surface area contributed by atoms with Crippen molar-refractivity contribution < 1.29 is 9.47 Å². The summed E-state index contributed by atoms with van der Waals surface area (Å²) < 4.78 is 11.2. The number of aromatic nitrogens is 1. The van der Waals surface area contributed by atoms with Gasteiger partial charge in [-0.15, -0.1) is 4.91 Å². The Balaban J connectivity index is 2.01. The molecule has 0 aliphatic carbocycles. The molecule has 0 spiro atoms. The minimum absolute atomic E-state index is 0.342. The highest BCUT2D eigenvalue weighted by Gasteiger charge is 2.29. The van der Waals surface area contributed by atoms with E-state index in [0.29, 0.717) is 24.6 Å². The third-order valence-corrected chi connectivity index (χ3v) is 3.07. The molecule has 0 N–H and O–H groups in total. The zero-order chi connectivity index (χ0) is 14.4. The smallest absolute Gasteiger partial charge is 0.186 e. The Bertz CT molecular complexity index is 538. The highest BCUT2D eigenvalue weighted by Crippen LogP contribution is 2.39. The predicted molar refractivity (Wildman–Crippen MR) is 76.5 cm³/mol. The first-order chi connectivity index (χ1) is 9.77. The first-order valence-corrected chi connectivity index (χ1v) is 6.60. The SMILES string of the molecule is C/C=C/C=C/CCOC1OCc2cnc(C)c(N=O)c21. The van der Waals surface area contributed by atoms with Crippen LogP contribution in [0.1, 0.15) is 36.5 Å². The van der Waals surface area contributed by atoms with E-state index in [9.17, 15) is 4.91 Å². The lowest BCUT2D eigenvalue weighted by Gasteiger charge is -2.13. The number of aryl methyl sites for hydroxylation is 1. The molecule has 0 saturated heterocycles. The number of fused-ring (bicyclic) bond motifs is 1. The molecule has 1 aromatic heterocycles.